The van der Waals surface area contributed by atoms with E-state index in [0.29, 0.717) is 4.96 Å². The Morgan fingerprint density at radius 1 is 1.60 bits per heavy atom. The molecule has 0 unspecified atom stereocenters. The quantitative estimate of drug-likeness (QED) is 0.782. The molecule has 2 heterocycles. The number of fused-ring (bicyclic) bond motifs is 1. The number of aryl methyl sites for hydroxylation is 2. The highest BCUT2D eigenvalue weighted by molar-refractivity contribution is 8.13. The zero-order valence-corrected chi connectivity index (χ0v) is 10.6. The minimum Gasteiger partial charge on any atom is -0.277 e. The summed E-state index contributed by atoms with van der Waals surface area (Å²) in [5.74, 6) is 0. The van der Waals surface area contributed by atoms with Crippen molar-refractivity contribution >= 4 is 36.0 Å². The molecule has 0 aliphatic carbocycles. The first-order chi connectivity index (χ1) is 6.95. The number of halogens is 1. The number of nitrogens with zero attached hydrogens (tertiary/aromatic N) is 2. The molecule has 0 radical (unpaired) electrons. The van der Waals surface area contributed by atoms with E-state index in [1.54, 1.807) is 4.40 Å². The van der Waals surface area contributed by atoms with Gasteiger partial charge in [-0.2, -0.15) is 0 Å². The van der Waals surface area contributed by atoms with Gasteiger partial charge in [-0.15, -0.1) is 11.3 Å². The van der Waals surface area contributed by atoms with Gasteiger partial charge in [0.05, 0.1) is 6.20 Å². The molecule has 0 amide bonds. The van der Waals surface area contributed by atoms with Gasteiger partial charge in [0.15, 0.2) is 9.99 Å². The molecule has 2 aromatic heterocycles. The molecule has 82 valence electrons. The van der Waals surface area contributed by atoms with Crippen molar-refractivity contribution in [1.82, 2.24) is 9.38 Å². The molecule has 4 nitrogen and oxygen atoms in total. The molecule has 0 aliphatic rings. The Bertz CT molecular complexity index is 612. The number of hydrogen-bond acceptors (Lipinski definition) is 4. The molecule has 15 heavy (non-hydrogen) atoms. The van der Waals surface area contributed by atoms with Crippen LogP contribution in [0.1, 0.15) is 17.5 Å². The summed E-state index contributed by atoms with van der Waals surface area (Å²) in [6.07, 6.45) is 2.05. The molecule has 0 N–H and O–H groups in total. The van der Waals surface area contributed by atoms with Crippen molar-refractivity contribution in [3.8, 4) is 0 Å². The average molecular weight is 265 g/mol. The molecular formula is C8H9ClN2O2S2. The van der Waals surface area contributed by atoms with Crippen LogP contribution in [-0.4, -0.2) is 17.8 Å². The van der Waals surface area contributed by atoms with E-state index < -0.39 is 9.05 Å². The first-order valence-corrected chi connectivity index (χ1v) is 7.48. The maximum atomic E-state index is 11.3. The molecule has 2 aromatic rings. The minimum atomic E-state index is -3.73. The lowest BCUT2D eigenvalue weighted by molar-refractivity contribution is 0.604. The van der Waals surface area contributed by atoms with E-state index >= 15 is 0 Å². The fourth-order valence-electron chi connectivity index (χ4n) is 1.57. The Kier molecular flexibility index (Phi) is 2.52. The van der Waals surface area contributed by atoms with E-state index in [4.69, 9.17) is 10.7 Å². The lowest BCUT2D eigenvalue weighted by atomic mass is 10.3. The highest BCUT2D eigenvalue weighted by Crippen LogP contribution is 2.27. The zero-order chi connectivity index (χ0) is 11.2. The first-order valence-electron chi connectivity index (χ1n) is 4.35. The first kappa shape index (κ1) is 10.9. The predicted octanol–water partition coefficient (Wildman–Crippen LogP) is 2.19. The Morgan fingerprint density at radius 3 is 2.80 bits per heavy atom. The molecule has 0 spiro atoms. The summed E-state index contributed by atoms with van der Waals surface area (Å²) in [6, 6.07) is 0. The molecule has 0 fully saturated rings. The molecule has 0 atom stereocenters. The zero-order valence-electron chi connectivity index (χ0n) is 8.19. The number of rotatable bonds is 2. The van der Waals surface area contributed by atoms with Crippen LogP contribution in [0.25, 0.3) is 4.96 Å². The van der Waals surface area contributed by atoms with Crippen molar-refractivity contribution in [3.63, 3.8) is 0 Å². The van der Waals surface area contributed by atoms with Gasteiger partial charge >= 0.3 is 0 Å². The number of hydrogen-bond donors (Lipinski definition) is 0. The van der Waals surface area contributed by atoms with Gasteiger partial charge in [0.1, 0.15) is 0 Å². The summed E-state index contributed by atoms with van der Waals surface area (Å²) in [5.41, 5.74) is 0.951. The lowest BCUT2D eigenvalue weighted by Gasteiger charge is -1.99. The van der Waals surface area contributed by atoms with E-state index in [9.17, 15) is 8.42 Å². The van der Waals surface area contributed by atoms with Crippen LogP contribution in [0.4, 0.5) is 0 Å². The number of thiazole rings is 1. The molecule has 0 aromatic carbocycles. The Morgan fingerprint density at radius 2 is 2.27 bits per heavy atom. The van der Waals surface area contributed by atoms with Crippen LogP contribution in [-0.2, 0) is 15.5 Å². The summed E-state index contributed by atoms with van der Waals surface area (Å²) < 4.78 is 24.2. The van der Waals surface area contributed by atoms with Crippen molar-refractivity contribution in [2.75, 3.05) is 0 Å². The van der Waals surface area contributed by atoms with Crippen molar-refractivity contribution in [3.05, 3.63) is 16.8 Å². The minimum absolute atomic E-state index is 0.0559. The topological polar surface area (TPSA) is 51.4 Å². The number of imidazole rings is 1. The Balaban J connectivity index is 2.89. The van der Waals surface area contributed by atoms with E-state index in [-0.39, 0.29) is 5.03 Å². The van der Waals surface area contributed by atoms with Crippen LogP contribution in [0.5, 0.6) is 0 Å². The van der Waals surface area contributed by atoms with Crippen LogP contribution >= 0.6 is 22.0 Å². The van der Waals surface area contributed by atoms with Crippen LogP contribution in [0.15, 0.2) is 11.2 Å². The van der Waals surface area contributed by atoms with Gasteiger partial charge in [0.2, 0.25) is 0 Å². The highest BCUT2D eigenvalue weighted by atomic mass is 35.7. The predicted molar refractivity (Wildman–Crippen MR) is 60.2 cm³/mol. The largest absolute Gasteiger partial charge is 0.278 e. The maximum Gasteiger partial charge on any atom is 0.278 e. The third kappa shape index (κ3) is 1.66. The average Bonchev–Trinajstić information content (AvgIpc) is 2.59. The molecular weight excluding hydrogens is 256 g/mol. The number of aromatic nitrogens is 2. The Labute approximate surface area is 95.9 Å². The van der Waals surface area contributed by atoms with Crippen LogP contribution < -0.4 is 0 Å². The summed E-state index contributed by atoms with van der Waals surface area (Å²) in [6.45, 7) is 3.92. The van der Waals surface area contributed by atoms with Crippen molar-refractivity contribution in [2.45, 2.75) is 25.3 Å². The second kappa shape index (κ2) is 3.47. The van der Waals surface area contributed by atoms with Crippen molar-refractivity contribution < 1.29 is 8.42 Å². The van der Waals surface area contributed by atoms with Gasteiger partial charge < -0.3 is 0 Å². The van der Waals surface area contributed by atoms with Gasteiger partial charge in [0, 0.05) is 21.3 Å². The Hall–Kier alpha value is -0.590. The monoisotopic (exact) mass is 264 g/mol. The van der Waals surface area contributed by atoms with Crippen LogP contribution in [0.3, 0.4) is 0 Å². The van der Waals surface area contributed by atoms with Crippen LogP contribution in [0, 0.1) is 6.92 Å². The van der Waals surface area contributed by atoms with E-state index in [0.717, 1.165) is 17.0 Å². The van der Waals surface area contributed by atoms with Gasteiger partial charge in [-0.05, 0) is 13.3 Å². The molecule has 0 bridgehead atoms. The van der Waals surface area contributed by atoms with E-state index in [1.807, 2.05) is 13.8 Å². The van der Waals surface area contributed by atoms with Gasteiger partial charge in [0.25, 0.3) is 9.05 Å². The second-order valence-corrected chi connectivity index (χ2v) is 6.81. The lowest BCUT2D eigenvalue weighted by Crippen LogP contribution is -1.99. The fourth-order valence-corrected chi connectivity index (χ4v) is 3.58. The summed E-state index contributed by atoms with van der Waals surface area (Å²) in [7, 11) is 1.61. The summed E-state index contributed by atoms with van der Waals surface area (Å²) in [5, 5.41) is 0.0559. The van der Waals surface area contributed by atoms with Gasteiger partial charge in [-0.3, -0.25) is 4.40 Å². The van der Waals surface area contributed by atoms with Crippen LogP contribution in [0.2, 0.25) is 0 Å². The molecule has 0 aliphatic heterocycles. The standard InChI is InChI=1S/C8H9ClN2O2S2/c1-3-6-5(2)14-8-10-4-7(11(6)8)15(9,12)13/h4H,3H2,1-2H3. The SMILES string of the molecule is CCc1c(C)sc2ncc(S(=O)(=O)Cl)n12. The molecule has 0 saturated carbocycles. The van der Waals surface area contributed by atoms with Crippen molar-refractivity contribution in [1.29, 1.82) is 0 Å². The van der Waals surface area contributed by atoms with E-state index in [1.165, 1.54) is 17.5 Å². The summed E-state index contributed by atoms with van der Waals surface area (Å²) >= 11 is 1.47. The third-order valence-electron chi connectivity index (χ3n) is 2.20. The van der Waals surface area contributed by atoms with Gasteiger partial charge in [-0.1, -0.05) is 6.92 Å². The summed E-state index contributed by atoms with van der Waals surface area (Å²) in [4.78, 5) is 5.77. The smallest absolute Gasteiger partial charge is 0.277 e. The normalized spacial score (nSPS) is 12.5. The molecule has 2 rings (SSSR count). The van der Waals surface area contributed by atoms with E-state index in [2.05, 4.69) is 4.98 Å². The van der Waals surface area contributed by atoms with Crippen molar-refractivity contribution in [2.24, 2.45) is 0 Å². The molecule has 7 heteroatoms. The van der Waals surface area contributed by atoms with Gasteiger partial charge in [-0.25, -0.2) is 13.4 Å². The second-order valence-electron chi connectivity index (χ2n) is 3.11. The maximum absolute atomic E-state index is 11.3. The third-order valence-corrected chi connectivity index (χ3v) is 4.48. The highest BCUT2D eigenvalue weighted by Gasteiger charge is 2.20. The molecule has 0 saturated heterocycles. The fraction of sp³-hybridized carbons (Fsp3) is 0.375.